The number of allylic oxidation sites excluding steroid dienone is 3. The summed E-state index contributed by atoms with van der Waals surface area (Å²) in [4.78, 5) is 0. The number of halogens is 1. The number of rotatable bonds is 4. The molecular formula is C8H13ClRh. The predicted molar refractivity (Wildman–Crippen MR) is 43.7 cm³/mol. The van der Waals surface area contributed by atoms with Crippen molar-refractivity contribution >= 4 is 11.6 Å². The molecular weight excluding hydrogens is 234 g/mol. The minimum Gasteiger partial charge on any atom is -0.0933 e. The van der Waals surface area contributed by atoms with Crippen molar-refractivity contribution in [1.82, 2.24) is 0 Å². The maximum absolute atomic E-state index is 5.31. The van der Waals surface area contributed by atoms with Gasteiger partial charge in [-0.1, -0.05) is 36.8 Å². The first kappa shape index (κ1) is 13.0. The third kappa shape index (κ3) is 11.2. The van der Waals surface area contributed by atoms with Crippen LogP contribution >= 0.6 is 11.6 Å². The van der Waals surface area contributed by atoms with Crippen LogP contribution in [0.4, 0.5) is 0 Å². The van der Waals surface area contributed by atoms with Gasteiger partial charge in [0, 0.05) is 25.0 Å². The molecule has 0 spiro atoms. The first-order valence-corrected chi connectivity index (χ1v) is 3.75. The van der Waals surface area contributed by atoms with Crippen LogP contribution in [-0.2, 0) is 19.5 Å². The summed E-state index contributed by atoms with van der Waals surface area (Å²) in [5.41, 5.74) is 1.57. The average molecular weight is 248 g/mol. The van der Waals surface area contributed by atoms with Gasteiger partial charge < -0.3 is 0 Å². The Bertz CT molecular complexity index is 97.4. The molecule has 0 saturated carbocycles. The Balaban J connectivity index is 0. The molecule has 0 aromatic rings. The maximum Gasteiger partial charge on any atom is 0.000256 e. The zero-order valence-electron chi connectivity index (χ0n) is 6.14. The van der Waals surface area contributed by atoms with E-state index in [2.05, 4.69) is 19.1 Å². The normalized spacial score (nSPS) is 10.6. The van der Waals surface area contributed by atoms with Crippen LogP contribution in [0.1, 0.15) is 26.2 Å². The molecule has 61 valence electrons. The second kappa shape index (κ2) is 12.1. The Morgan fingerprint density at radius 1 is 1.10 bits per heavy atom. The fourth-order valence-electron chi connectivity index (χ4n) is 0.540. The summed E-state index contributed by atoms with van der Waals surface area (Å²) in [5.74, 6) is 0. The monoisotopic (exact) mass is 247 g/mol. The smallest absolute Gasteiger partial charge is 0.000256 e. The summed E-state index contributed by atoms with van der Waals surface area (Å²) in [5, 5.41) is 0. The van der Waals surface area contributed by atoms with Crippen LogP contribution in [0.25, 0.3) is 0 Å². The van der Waals surface area contributed by atoms with Crippen molar-refractivity contribution in [2.75, 3.05) is 0 Å². The van der Waals surface area contributed by atoms with Crippen LogP contribution in [0.5, 0.6) is 0 Å². The van der Waals surface area contributed by atoms with Crippen LogP contribution in [0.2, 0.25) is 0 Å². The van der Waals surface area contributed by atoms with Crippen molar-refractivity contribution in [3.63, 3.8) is 0 Å². The molecule has 0 aromatic carbocycles. The van der Waals surface area contributed by atoms with E-state index in [1.165, 1.54) is 0 Å². The zero-order valence-corrected chi connectivity index (χ0v) is 8.54. The first-order valence-electron chi connectivity index (χ1n) is 3.32. The fourth-order valence-corrected chi connectivity index (χ4v) is 0.666. The van der Waals surface area contributed by atoms with E-state index >= 15 is 0 Å². The molecule has 0 aliphatic rings. The van der Waals surface area contributed by atoms with Crippen molar-refractivity contribution in [1.29, 1.82) is 0 Å². The van der Waals surface area contributed by atoms with Crippen LogP contribution in [0.15, 0.2) is 23.8 Å². The van der Waals surface area contributed by atoms with E-state index < -0.39 is 0 Å². The minimum atomic E-state index is 0. The Morgan fingerprint density at radius 3 is 2.20 bits per heavy atom. The summed E-state index contributed by atoms with van der Waals surface area (Å²) in [6, 6.07) is 0. The molecule has 2 heteroatoms. The van der Waals surface area contributed by atoms with Gasteiger partial charge in [-0.15, -0.1) is 0 Å². The molecule has 0 aromatic heterocycles. The van der Waals surface area contributed by atoms with Crippen LogP contribution in [-0.4, -0.2) is 0 Å². The molecule has 0 N–H and O–H groups in total. The van der Waals surface area contributed by atoms with Gasteiger partial charge in [-0.25, -0.2) is 0 Å². The quantitative estimate of drug-likeness (QED) is 0.405. The fraction of sp³-hybridized carbons (Fsp3) is 0.500. The third-order valence-electron chi connectivity index (χ3n) is 0.991. The van der Waals surface area contributed by atoms with Gasteiger partial charge in [0.15, 0.2) is 0 Å². The van der Waals surface area contributed by atoms with Gasteiger partial charge >= 0.3 is 0 Å². The summed E-state index contributed by atoms with van der Waals surface area (Å²) in [6.07, 6.45) is 9.60. The molecule has 0 amide bonds. The molecule has 0 aliphatic heterocycles. The number of hydrogen-bond acceptors (Lipinski definition) is 0. The van der Waals surface area contributed by atoms with Crippen molar-refractivity contribution in [3.8, 4) is 0 Å². The minimum absolute atomic E-state index is 0. The van der Waals surface area contributed by atoms with E-state index in [0.29, 0.717) is 0 Å². The zero-order chi connectivity index (χ0) is 6.95. The second-order valence-corrected chi connectivity index (χ2v) is 2.07. The molecule has 0 fully saturated rings. The Kier molecular flexibility index (Phi) is 15.8. The molecule has 0 nitrogen and oxygen atoms in total. The van der Waals surface area contributed by atoms with Crippen molar-refractivity contribution in [2.24, 2.45) is 0 Å². The summed E-state index contributed by atoms with van der Waals surface area (Å²) < 4.78 is 0. The number of hydrogen-bond donors (Lipinski definition) is 0. The average Bonchev–Trinajstić information content (AvgIpc) is 1.89. The maximum atomic E-state index is 5.31. The van der Waals surface area contributed by atoms with E-state index in [4.69, 9.17) is 11.6 Å². The van der Waals surface area contributed by atoms with Crippen LogP contribution < -0.4 is 0 Å². The molecule has 0 heterocycles. The predicted octanol–water partition coefficient (Wildman–Crippen LogP) is 3.48. The molecule has 0 aliphatic carbocycles. The Labute approximate surface area is 81.1 Å². The van der Waals surface area contributed by atoms with Gasteiger partial charge in [0.2, 0.25) is 0 Å². The summed E-state index contributed by atoms with van der Waals surface area (Å²) in [6.45, 7) is 2.13. The van der Waals surface area contributed by atoms with Gasteiger partial charge in [0.1, 0.15) is 0 Å². The molecule has 0 unspecified atom stereocenters. The standard InChI is InChI=1S/C8H13Cl.Rh/c1-2-3-4-5-6-7-8-9;/h3-4,7-8H,2,5-6H2,1H3;. The van der Waals surface area contributed by atoms with E-state index in [1.807, 2.05) is 6.08 Å². The SMILES string of the molecule is CCC=CCCC=CCl.[Rh]. The van der Waals surface area contributed by atoms with E-state index in [9.17, 15) is 0 Å². The molecule has 1 radical (unpaired) electrons. The molecule has 10 heavy (non-hydrogen) atoms. The van der Waals surface area contributed by atoms with E-state index in [0.717, 1.165) is 19.3 Å². The molecule has 0 rings (SSSR count). The van der Waals surface area contributed by atoms with Crippen molar-refractivity contribution < 1.29 is 19.5 Å². The summed E-state index contributed by atoms with van der Waals surface area (Å²) >= 11 is 5.31. The Hall–Kier alpha value is 0.393. The molecule has 0 saturated heterocycles. The summed E-state index contributed by atoms with van der Waals surface area (Å²) in [7, 11) is 0. The van der Waals surface area contributed by atoms with Crippen molar-refractivity contribution in [3.05, 3.63) is 23.8 Å². The van der Waals surface area contributed by atoms with E-state index in [-0.39, 0.29) is 19.5 Å². The van der Waals surface area contributed by atoms with Gasteiger partial charge in [0.05, 0.1) is 0 Å². The largest absolute Gasteiger partial charge is 0.0933 e. The van der Waals surface area contributed by atoms with Gasteiger partial charge in [-0.05, 0) is 19.3 Å². The van der Waals surface area contributed by atoms with Gasteiger partial charge in [-0.3, -0.25) is 0 Å². The van der Waals surface area contributed by atoms with Gasteiger partial charge in [-0.2, -0.15) is 0 Å². The molecule has 0 atom stereocenters. The second-order valence-electron chi connectivity index (χ2n) is 1.82. The Morgan fingerprint density at radius 2 is 1.70 bits per heavy atom. The van der Waals surface area contributed by atoms with Crippen LogP contribution in [0, 0.1) is 0 Å². The first-order chi connectivity index (χ1) is 4.41. The van der Waals surface area contributed by atoms with Crippen LogP contribution in [0.3, 0.4) is 0 Å². The van der Waals surface area contributed by atoms with E-state index in [1.54, 1.807) is 5.54 Å². The third-order valence-corrected chi connectivity index (χ3v) is 1.17. The van der Waals surface area contributed by atoms with Gasteiger partial charge in [0.25, 0.3) is 0 Å². The topological polar surface area (TPSA) is 0 Å². The number of unbranched alkanes of at least 4 members (excludes halogenated alkanes) is 1. The molecule has 0 bridgehead atoms. The van der Waals surface area contributed by atoms with Crippen molar-refractivity contribution in [2.45, 2.75) is 26.2 Å².